The molecule has 0 radical (unpaired) electrons. The van der Waals surface area contributed by atoms with Crippen LogP contribution in [0.15, 0.2) is 46.3 Å². The molecule has 0 bridgehead atoms. The van der Waals surface area contributed by atoms with Crippen molar-refractivity contribution < 1.29 is 31.5 Å². The Labute approximate surface area is 186 Å². The molecule has 0 fully saturated rings. The standard InChI is InChI=1S/C21H20F2N2O5S2/c1-3-30-19(27)12-25-20-16(23)10-14(22)11-17(20)31-21(25)24-18(26)9-13-5-7-15(8-6-13)32(28,29)4-2/h5-8,10-11H,3-4,9,12H2,1-2H3. The molecule has 1 aromatic heterocycles. The number of carbonyl (C=O) groups excluding carboxylic acids is 2. The lowest BCUT2D eigenvalue weighted by Crippen LogP contribution is -2.23. The van der Waals surface area contributed by atoms with Crippen LogP contribution in [0.3, 0.4) is 0 Å². The first kappa shape index (κ1) is 23.7. The molecule has 0 unspecified atom stereocenters. The molecule has 0 aliphatic carbocycles. The zero-order valence-corrected chi connectivity index (χ0v) is 18.9. The SMILES string of the molecule is CCOC(=O)Cn1c(=NC(=O)Cc2ccc(S(=O)(=O)CC)cc2)sc2cc(F)cc(F)c21. The van der Waals surface area contributed by atoms with Gasteiger partial charge in [0, 0.05) is 6.07 Å². The fraction of sp³-hybridized carbons (Fsp3) is 0.286. The molecule has 11 heteroatoms. The molecule has 0 saturated heterocycles. The lowest BCUT2D eigenvalue weighted by Gasteiger charge is -2.06. The summed E-state index contributed by atoms with van der Waals surface area (Å²) in [4.78, 5) is 28.7. The highest BCUT2D eigenvalue weighted by Crippen LogP contribution is 2.22. The van der Waals surface area contributed by atoms with Crippen LogP contribution >= 0.6 is 11.3 Å². The zero-order chi connectivity index (χ0) is 23.5. The van der Waals surface area contributed by atoms with E-state index in [0.717, 1.165) is 17.4 Å². The molecule has 0 saturated carbocycles. The van der Waals surface area contributed by atoms with Crippen molar-refractivity contribution in [3.63, 3.8) is 0 Å². The van der Waals surface area contributed by atoms with Crippen LogP contribution in [0, 0.1) is 11.6 Å². The Morgan fingerprint density at radius 1 is 1.12 bits per heavy atom. The summed E-state index contributed by atoms with van der Waals surface area (Å²) in [6, 6.07) is 7.65. The summed E-state index contributed by atoms with van der Waals surface area (Å²) in [5.74, 6) is -2.97. The molecule has 1 heterocycles. The number of sulfone groups is 1. The second kappa shape index (κ2) is 9.70. The number of carbonyl (C=O) groups is 2. The normalized spacial score (nSPS) is 12.3. The lowest BCUT2D eigenvalue weighted by molar-refractivity contribution is -0.143. The summed E-state index contributed by atoms with van der Waals surface area (Å²) < 4.78 is 58.1. The van der Waals surface area contributed by atoms with Crippen molar-refractivity contribution in [2.45, 2.75) is 31.7 Å². The van der Waals surface area contributed by atoms with Gasteiger partial charge in [-0.2, -0.15) is 4.99 Å². The first-order valence-electron chi connectivity index (χ1n) is 9.67. The quantitative estimate of drug-likeness (QED) is 0.483. The highest BCUT2D eigenvalue weighted by Gasteiger charge is 2.17. The van der Waals surface area contributed by atoms with E-state index in [2.05, 4.69) is 4.99 Å². The largest absolute Gasteiger partial charge is 0.465 e. The Balaban J connectivity index is 1.97. The van der Waals surface area contributed by atoms with Crippen LogP contribution in [0.25, 0.3) is 10.2 Å². The van der Waals surface area contributed by atoms with Gasteiger partial charge >= 0.3 is 5.97 Å². The number of hydrogen-bond donors (Lipinski definition) is 0. The lowest BCUT2D eigenvalue weighted by atomic mass is 10.1. The predicted molar refractivity (Wildman–Crippen MR) is 115 cm³/mol. The van der Waals surface area contributed by atoms with Crippen molar-refractivity contribution >= 4 is 43.3 Å². The minimum atomic E-state index is -3.36. The number of hydrogen-bond acceptors (Lipinski definition) is 6. The Hall–Kier alpha value is -2.92. The van der Waals surface area contributed by atoms with E-state index in [1.807, 2.05) is 0 Å². The number of aromatic nitrogens is 1. The molecule has 0 N–H and O–H groups in total. The van der Waals surface area contributed by atoms with Crippen LogP contribution in [0.4, 0.5) is 8.78 Å². The molecule has 2 aromatic carbocycles. The van der Waals surface area contributed by atoms with Crippen LogP contribution < -0.4 is 4.80 Å². The van der Waals surface area contributed by atoms with E-state index >= 15 is 0 Å². The molecular formula is C21H20F2N2O5S2. The Morgan fingerprint density at radius 2 is 1.81 bits per heavy atom. The summed E-state index contributed by atoms with van der Waals surface area (Å²) in [6.45, 7) is 2.88. The van der Waals surface area contributed by atoms with Gasteiger partial charge in [-0.3, -0.25) is 9.59 Å². The van der Waals surface area contributed by atoms with Gasteiger partial charge in [-0.1, -0.05) is 30.4 Å². The second-order valence-electron chi connectivity index (χ2n) is 6.74. The van der Waals surface area contributed by atoms with E-state index in [-0.39, 0.29) is 38.7 Å². The summed E-state index contributed by atoms with van der Waals surface area (Å²) >= 11 is 0.868. The molecule has 32 heavy (non-hydrogen) atoms. The van der Waals surface area contributed by atoms with Crippen molar-refractivity contribution in [1.29, 1.82) is 0 Å². The number of amides is 1. The van der Waals surface area contributed by atoms with Gasteiger partial charge in [-0.25, -0.2) is 17.2 Å². The van der Waals surface area contributed by atoms with Gasteiger partial charge in [0.05, 0.1) is 33.9 Å². The Bertz CT molecular complexity index is 1340. The van der Waals surface area contributed by atoms with E-state index in [1.165, 1.54) is 35.8 Å². The maximum absolute atomic E-state index is 14.4. The van der Waals surface area contributed by atoms with Gasteiger partial charge in [-0.05, 0) is 30.7 Å². The fourth-order valence-corrected chi connectivity index (χ4v) is 4.97. The van der Waals surface area contributed by atoms with Crippen molar-refractivity contribution in [3.8, 4) is 0 Å². The van der Waals surface area contributed by atoms with Crippen LogP contribution in [-0.4, -0.2) is 37.2 Å². The molecule has 0 aliphatic heterocycles. The molecule has 3 aromatic rings. The fourth-order valence-electron chi connectivity index (χ4n) is 3.00. The zero-order valence-electron chi connectivity index (χ0n) is 17.3. The van der Waals surface area contributed by atoms with Crippen LogP contribution in [0.5, 0.6) is 0 Å². The highest BCUT2D eigenvalue weighted by molar-refractivity contribution is 7.91. The molecule has 3 rings (SSSR count). The van der Waals surface area contributed by atoms with Gasteiger partial charge in [0.25, 0.3) is 5.91 Å². The number of benzene rings is 2. The van der Waals surface area contributed by atoms with E-state index in [1.54, 1.807) is 6.92 Å². The smallest absolute Gasteiger partial charge is 0.326 e. The van der Waals surface area contributed by atoms with E-state index in [4.69, 9.17) is 4.74 Å². The first-order chi connectivity index (χ1) is 15.1. The summed E-state index contributed by atoms with van der Waals surface area (Å²) in [5.41, 5.74) is 0.481. The maximum atomic E-state index is 14.4. The Kier molecular flexibility index (Phi) is 7.19. The number of halogens is 2. The number of fused-ring (bicyclic) bond motifs is 1. The minimum absolute atomic E-state index is 0.0210. The molecule has 170 valence electrons. The molecule has 1 amide bonds. The van der Waals surface area contributed by atoms with E-state index in [0.29, 0.717) is 11.6 Å². The van der Waals surface area contributed by atoms with Gasteiger partial charge in [0.1, 0.15) is 12.4 Å². The topological polar surface area (TPSA) is 94.8 Å². The second-order valence-corrected chi connectivity index (χ2v) is 10.0. The number of ether oxygens (including phenoxy) is 1. The summed E-state index contributed by atoms with van der Waals surface area (Å²) in [5, 5.41) is 0. The first-order valence-corrected chi connectivity index (χ1v) is 12.1. The Morgan fingerprint density at radius 3 is 2.44 bits per heavy atom. The number of nitrogens with zero attached hydrogens (tertiary/aromatic N) is 2. The van der Waals surface area contributed by atoms with Crippen molar-refractivity contribution in [2.24, 2.45) is 4.99 Å². The van der Waals surface area contributed by atoms with Gasteiger partial charge in [0.15, 0.2) is 20.5 Å². The van der Waals surface area contributed by atoms with Gasteiger partial charge < -0.3 is 9.30 Å². The highest BCUT2D eigenvalue weighted by atomic mass is 32.2. The van der Waals surface area contributed by atoms with E-state index in [9.17, 15) is 26.8 Å². The average Bonchev–Trinajstić information content (AvgIpc) is 3.05. The third kappa shape index (κ3) is 5.28. The number of esters is 1. The molecule has 0 spiro atoms. The summed E-state index contributed by atoms with van der Waals surface area (Å²) in [6.07, 6.45) is -0.142. The predicted octanol–water partition coefficient (Wildman–Crippen LogP) is 3.01. The molecular weight excluding hydrogens is 462 g/mol. The third-order valence-corrected chi connectivity index (χ3v) is 7.30. The van der Waals surface area contributed by atoms with Crippen LogP contribution in [0.1, 0.15) is 19.4 Å². The van der Waals surface area contributed by atoms with Crippen molar-refractivity contribution in [3.05, 3.63) is 58.4 Å². The van der Waals surface area contributed by atoms with Crippen LogP contribution in [-0.2, 0) is 37.1 Å². The van der Waals surface area contributed by atoms with E-state index < -0.39 is 39.9 Å². The summed E-state index contributed by atoms with van der Waals surface area (Å²) in [7, 11) is -3.36. The maximum Gasteiger partial charge on any atom is 0.326 e. The van der Waals surface area contributed by atoms with Gasteiger partial charge in [-0.15, -0.1) is 0 Å². The van der Waals surface area contributed by atoms with Gasteiger partial charge in [0.2, 0.25) is 0 Å². The number of thiazole rings is 1. The minimum Gasteiger partial charge on any atom is -0.465 e. The van der Waals surface area contributed by atoms with Crippen molar-refractivity contribution in [1.82, 2.24) is 4.57 Å². The molecule has 0 aliphatic rings. The monoisotopic (exact) mass is 482 g/mol. The molecule has 0 atom stereocenters. The van der Waals surface area contributed by atoms with Crippen molar-refractivity contribution in [2.75, 3.05) is 12.4 Å². The number of rotatable bonds is 7. The molecule has 7 nitrogen and oxygen atoms in total. The van der Waals surface area contributed by atoms with Crippen LogP contribution in [0.2, 0.25) is 0 Å². The average molecular weight is 483 g/mol. The third-order valence-electron chi connectivity index (χ3n) is 4.53.